The van der Waals surface area contributed by atoms with Gasteiger partial charge in [-0.25, -0.2) is 9.78 Å². The Morgan fingerprint density at radius 1 is 1.38 bits per heavy atom. The zero-order chi connectivity index (χ0) is 15.6. The van der Waals surface area contributed by atoms with Crippen molar-refractivity contribution in [1.29, 1.82) is 0 Å². The van der Waals surface area contributed by atoms with Crippen LogP contribution in [0.15, 0.2) is 33.9 Å². The number of nitrogens with zero attached hydrogens (tertiary/aromatic N) is 2. The average Bonchev–Trinajstić information content (AvgIpc) is 2.78. The summed E-state index contributed by atoms with van der Waals surface area (Å²) >= 11 is 18.7. The van der Waals surface area contributed by atoms with Crippen LogP contribution in [0, 0.1) is 0 Å². The molecule has 0 saturated carbocycles. The maximum Gasteiger partial charge on any atom is 0.317 e. The van der Waals surface area contributed by atoms with E-state index in [2.05, 4.69) is 10.3 Å². The minimum absolute atomic E-state index is 0.312. The molecule has 5 nitrogen and oxygen atoms in total. The third kappa shape index (κ3) is 4.32. The Bertz CT molecular complexity index is 609. The van der Waals surface area contributed by atoms with Gasteiger partial charge in [-0.1, -0.05) is 46.9 Å². The van der Waals surface area contributed by atoms with E-state index in [1.165, 1.54) is 4.90 Å². The molecular weight excluding hydrogens is 357 g/mol. The van der Waals surface area contributed by atoms with Gasteiger partial charge in [0.05, 0.1) is 0 Å². The topological polar surface area (TPSA) is 58.4 Å². The van der Waals surface area contributed by atoms with E-state index in [1.807, 2.05) is 18.2 Å². The van der Waals surface area contributed by atoms with Crippen LogP contribution in [0.2, 0.25) is 0 Å². The van der Waals surface area contributed by atoms with Crippen molar-refractivity contribution in [3.8, 4) is 0 Å². The van der Waals surface area contributed by atoms with Crippen LogP contribution in [0.5, 0.6) is 0 Å². The fourth-order valence-corrected chi connectivity index (χ4v) is 2.77. The summed E-state index contributed by atoms with van der Waals surface area (Å²) in [5.41, 5.74) is 1.32. The summed E-state index contributed by atoms with van der Waals surface area (Å²) < 4.78 is 3.84. The zero-order valence-electron chi connectivity index (χ0n) is 11.1. The largest absolute Gasteiger partial charge is 0.431 e. The minimum Gasteiger partial charge on any atom is -0.431 e. The number of para-hydroxylation sites is 2. The number of benzene rings is 1. The summed E-state index contributed by atoms with van der Waals surface area (Å²) in [6.45, 7) is 0. The van der Waals surface area contributed by atoms with Crippen molar-refractivity contribution in [2.75, 3.05) is 14.1 Å². The van der Waals surface area contributed by atoms with Crippen molar-refractivity contribution in [1.82, 2.24) is 15.2 Å². The van der Waals surface area contributed by atoms with Crippen LogP contribution in [-0.4, -0.2) is 39.2 Å². The van der Waals surface area contributed by atoms with Gasteiger partial charge in [0.2, 0.25) is 3.79 Å². The van der Waals surface area contributed by atoms with E-state index in [0.29, 0.717) is 16.3 Å². The first-order valence-corrected chi connectivity index (χ1v) is 7.85. The van der Waals surface area contributed by atoms with Crippen molar-refractivity contribution in [2.45, 2.75) is 14.4 Å². The number of hydrogen-bond acceptors (Lipinski definition) is 4. The highest BCUT2D eigenvalue weighted by molar-refractivity contribution is 8.00. The first kappa shape index (κ1) is 16.5. The number of alkyl halides is 3. The summed E-state index contributed by atoms with van der Waals surface area (Å²) in [5, 5.41) is 2.07. The lowest BCUT2D eigenvalue weighted by atomic mass is 10.3. The molecule has 0 radical (unpaired) electrons. The molecule has 0 bridgehead atoms. The van der Waals surface area contributed by atoms with Gasteiger partial charge in [0, 0.05) is 14.1 Å². The summed E-state index contributed by atoms with van der Waals surface area (Å²) in [6, 6.07) is 6.90. The SMILES string of the molecule is CN(C)C(=O)N[C@@H](Sc1nc2ccccc2o1)C(Cl)(Cl)Cl. The number of hydrogen-bond donors (Lipinski definition) is 1. The maximum atomic E-state index is 11.7. The Morgan fingerprint density at radius 3 is 2.62 bits per heavy atom. The third-order valence-electron chi connectivity index (χ3n) is 2.45. The number of thioether (sulfide) groups is 1. The summed E-state index contributed by atoms with van der Waals surface area (Å²) in [4.78, 5) is 17.4. The van der Waals surface area contributed by atoms with Crippen LogP contribution in [0.3, 0.4) is 0 Å². The molecule has 2 amide bonds. The molecule has 0 spiro atoms. The Balaban J connectivity index is 2.20. The number of carbonyl (C=O) groups is 1. The van der Waals surface area contributed by atoms with Crippen molar-refractivity contribution >= 4 is 63.7 Å². The fourth-order valence-electron chi connectivity index (χ4n) is 1.42. The molecule has 1 N–H and O–H groups in total. The van der Waals surface area contributed by atoms with Crippen LogP contribution in [0.1, 0.15) is 0 Å². The highest BCUT2D eigenvalue weighted by Gasteiger charge is 2.36. The quantitative estimate of drug-likeness (QED) is 0.507. The smallest absolute Gasteiger partial charge is 0.317 e. The van der Waals surface area contributed by atoms with E-state index in [4.69, 9.17) is 39.2 Å². The van der Waals surface area contributed by atoms with Gasteiger partial charge >= 0.3 is 6.03 Å². The number of nitrogens with one attached hydrogen (secondary N) is 1. The first-order chi connectivity index (χ1) is 9.77. The Morgan fingerprint density at radius 2 is 2.05 bits per heavy atom. The van der Waals surface area contributed by atoms with Gasteiger partial charge in [-0.2, -0.15) is 0 Å². The van der Waals surface area contributed by atoms with Crippen molar-refractivity contribution in [2.24, 2.45) is 0 Å². The van der Waals surface area contributed by atoms with E-state index < -0.39 is 9.17 Å². The second kappa shape index (κ2) is 6.52. The number of aromatic nitrogens is 1. The van der Waals surface area contributed by atoms with Crippen LogP contribution >= 0.6 is 46.6 Å². The van der Waals surface area contributed by atoms with Gasteiger partial charge in [0.15, 0.2) is 5.58 Å². The highest BCUT2D eigenvalue weighted by atomic mass is 35.6. The lowest BCUT2D eigenvalue weighted by Crippen LogP contribution is -2.45. The predicted molar refractivity (Wildman–Crippen MR) is 86.2 cm³/mol. The summed E-state index contributed by atoms with van der Waals surface area (Å²) in [7, 11) is 3.18. The number of carbonyl (C=O) groups excluding carboxylic acids is 1. The second-order valence-electron chi connectivity index (χ2n) is 4.33. The van der Waals surface area contributed by atoms with Crippen molar-refractivity contribution in [3.63, 3.8) is 0 Å². The lowest BCUT2D eigenvalue weighted by molar-refractivity contribution is 0.216. The highest BCUT2D eigenvalue weighted by Crippen LogP contribution is 2.39. The Hall–Kier alpha value is -0.820. The average molecular weight is 369 g/mol. The summed E-state index contributed by atoms with van der Waals surface area (Å²) in [5.74, 6) is 0. The molecule has 0 fully saturated rings. The lowest BCUT2D eigenvalue weighted by Gasteiger charge is -2.25. The molecule has 1 atom stereocenters. The molecular formula is C12H12Cl3N3O2S. The van der Waals surface area contributed by atoms with Crippen LogP contribution in [0.25, 0.3) is 11.1 Å². The van der Waals surface area contributed by atoms with Gasteiger partial charge < -0.3 is 14.6 Å². The number of urea groups is 1. The molecule has 0 unspecified atom stereocenters. The van der Waals surface area contributed by atoms with Crippen molar-refractivity contribution in [3.05, 3.63) is 24.3 Å². The van der Waals surface area contributed by atoms with E-state index in [9.17, 15) is 4.79 Å². The number of oxazole rings is 1. The molecule has 1 aromatic heterocycles. The number of rotatable bonds is 3. The van der Waals surface area contributed by atoms with E-state index in [-0.39, 0.29) is 6.03 Å². The molecule has 0 aliphatic heterocycles. The Kier molecular flexibility index (Phi) is 5.14. The minimum atomic E-state index is -1.71. The number of amides is 2. The number of fused-ring (bicyclic) bond motifs is 1. The van der Waals surface area contributed by atoms with Crippen LogP contribution in [-0.2, 0) is 0 Å². The van der Waals surface area contributed by atoms with Gasteiger partial charge in [-0.15, -0.1) is 0 Å². The molecule has 0 aliphatic carbocycles. The van der Waals surface area contributed by atoms with Crippen molar-refractivity contribution < 1.29 is 9.21 Å². The Labute approximate surface area is 140 Å². The monoisotopic (exact) mass is 367 g/mol. The van der Waals surface area contributed by atoms with E-state index >= 15 is 0 Å². The molecule has 21 heavy (non-hydrogen) atoms. The zero-order valence-corrected chi connectivity index (χ0v) is 14.2. The third-order valence-corrected chi connectivity index (χ3v) is 4.58. The van der Waals surface area contributed by atoms with Crippen LogP contribution < -0.4 is 5.32 Å². The fraction of sp³-hybridized carbons (Fsp3) is 0.333. The molecule has 2 aromatic rings. The maximum absolute atomic E-state index is 11.7. The first-order valence-electron chi connectivity index (χ1n) is 5.84. The second-order valence-corrected chi connectivity index (χ2v) is 7.76. The summed E-state index contributed by atoms with van der Waals surface area (Å²) in [6.07, 6.45) is 0. The van der Waals surface area contributed by atoms with Gasteiger partial charge in [-0.3, -0.25) is 0 Å². The normalized spacial score (nSPS) is 13.2. The van der Waals surface area contributed by atoms with Gasteiger partial charge in [-0.05, 0) is 23.9 Å². The van der Waals surface area contributed by atoms with E-state index in [0.717, 1.165) is 11.8 Å². The standard InChI is InChI=1S/C12H12Cl3N3O2S/c1-18(2)10(19)17-9(12(13,14)15)21-11-16-7-5-3-4-6-8(7)20-11/h3-6,9H,1-2H3,(H,17,19)/t9-/m0/s1. The van der Waals surface area contributed by atoms with Crippen LogP contribution in [0.4, 0.5) is 4.79 Å². The van der Waals surface area contributed by atoms with Gasteiger partial charge in [0.1, 0.15) is 10.9 Å². The molecule has 114 valence electrons. The molecule has 1 aromatic carbocycles. The number of halogens is 3. The predicted octanol–water partition coefficient (Wildman–Crippen LogP) is 3.89. The molecule has 2 rings (SSSR count). The molecule has 1 heterocycles. The molecule has 0 saturated heterocycles. The van der Waals surface area contributed by atoms with E-state index in [1.54, 1.807) is 20.2 Å². The molecule has 0 aliphatic rings. The molecule has 9 heteroatoms. The van der Waals surface area contributed by atoms with Gasteiger partial charge in [0.25, 0.3) is 5.22 Å².